The van der Waals surface area contributed by atoms with Crippen LogP contribution in [-0.2, 0) is 57.2 Å². The highest BCUT2D eigenvalue weighted by atomic mass is 16.7. The van der Waals surface area contributed by atoms with E-state index in [0.29, 0.717) is 51.6 Å². The second kappa shape index (κ2) is 34.8. The summed E-state index contributed by atoms with van der Waals surface area (Å²) >= 11 is 0. The lowest BCUT2D eigenvalue weighted by molar-refractivity contribution is -0.270. The third-order valence-corrected chi connectivity index (χ3v) is 11.3. The number of hydrogen-bond acceptors (Lipinski definition) is 18. The van der Waals surface area contributed by atoms with E-state index >= 15 is 0 Å². The van der Waals surface area contributed by atoms with Gasteiger partial charge in [0.1, 0.15) is 54.5 Å². The summed E-state index contributed by atoms with van der Waals surface area (Å²) in [7, 11) is 0. The van der Waals surface area contributed by atoms with Gasteiger partial charge < -0.3 is 85.6 Å². The summed E-state index contributed by atoms with van der Waals surface area (Å²) in [6.45, 7) is 6.76. The van der Waals surface area contributed by atoms with E-state index in [1.54, 1.807) is 0 Å². The van der Waals surface area contributed by atoms with E-state index in [1.165, 1.54) is 13.8 Å². The normalized spacial score (nSPS) is 25.3. The lowest BCUT2D eigenvalue weighted by Gasteiger charge is -2.42. The van der Waals surface area contributed by atoms with Crippen molar-refractivity contribution in [2.75, 3.05) is 65.9 Å². The molecule has 68 heavy (non-hydrogen) atoms. The van der Waals surface area contributed by atoms with Crippen molar-refractivity contribution in [1.29, 1.82) is 0 Å². The number of ketones is 1. The fraction of sp³-hybridized carbons (Fsp3) is 0.867. The Bertz CT molecular complexity index is 1390. The number of aliphatic hydroxyl groups is 6. The first-order chi connectivity index (χ1) is 32.5. The molecule has 23 nitrogen and oxygen atoms in total. The Kier molecular flexibility index (Phi) is 31.0. The molecule has 0 radical (unpaired) electrons. The molecule has 0 aromatic carbocycles. The summed E-state index contributed by atoms with van der Waals surface area (Å²) in [6.07, 6.45) is -2.99. The molecule has 2 rings (SSSR count). The SMILES string of the molecule is CC(=O)NC1C(OCCCCCCNC(=O)CCOCC(COCCC(=O)NCCCCCCOC2OC(CO)C(O)C(O)C2NC(C)=O)NC(=O)CCCC(=O)C(C)C)OC(CO)C(O)C1O. The van der Waals surface area contributed by atoms with Gasteiger partial charge >= 0.3 is 0 Å². The second-order valence-electron chi connectivity index (χ2n) is 17.5. The average Bonchev–Trinajstić information content (AvgIpc) is 3.29. The lowest BCUT2D eigenvalue weighted by atomic mass is 9.97. The molecule has 0 saturated carbocycles. The zero-order valence-corrected chi connectivity index (χ0v) is 40.3. The summed E-state index contributed by atoms with van der Waals surface area (Å²) in [6, 6.07) is -2.57. The van der Waals surface area contributed by atoms with E-state index in [1.807, 2.05) is 13.8 Å². The van der Waals surface area contributed by atoms with Crippen LogP contribution in [0.4, 0.5) is 0 Å². The predicted molar refractivity (Wildman–Crippen MR) is 242 cm³/mol. The van der Waals surface area contributed by atoms with Gasteiger partial charge in [0, 0.05) is 71.8 Å². The van der Waals surface area contributed by atoms with Crippen molar-refractivity contribution in [2.24, 2.45) is 5.92 Å². The first-order valence-corrected chi connectivity index (χ1v) is 24.0. The van der Waals surface area contributed by atoms with Gasteiger partial charge in [-0.1, -0.05) is 39.5 Å². The largest absolute Gasteiger partial charge is 0.394 e. The molecule has 10 atom stereocenters. The van der Waals surface area contributed by atoms with Crippen LogP contribution in [0, 0.1) is 5.92 Å². The monoisotopic (exact) mass is 980 g/mol. The Morgan fingerprint density at radius 3 is 1.35 bits per heavy atom. The van der Waals surface area contributed by atoms with Crippen LogP contribution < -0.4 is 26.6 Å². The standard InChI is InChI=1S/C45H81N5O18/c1-28(2)32(55)14-13-15-37(58)50-31(26-63-22-16-35(56)46-18-9-5-7-11-20-65-44-38(48-29(3)53)42(61)40(59)33(24-51)67-44)27-64-23-17-36(57)47-19-10-6-8-12-21-66-45-39(49-30(4)54)43(62)41(60)34(25-52)68-45/h28,31,33-34,38-45,51-52,59-62H,5-27H2,1-4H3,(H,46,56)(H,47,57)(H,48,53)(H,49,54)(H,50,58). The first-order valence-electron chi connectivity index (χ1n) is 24.0. The minimum atomic E-state index is -1.39. The maximum atomic E-state index is 12.7. The molecule has 394 valence electrons. The van der Waals surface area contributed by atoms with E-state index in [2.05, 4.69) is 26.6 Å². The quantitative estimate of drug-likeness (QED) is 0.0301. The number of nitrogens with one attached hydrogen (secondary N) is 5. The Labute approximate surface area is 399 Å². The molecule has 11 N–H and O–H groups in total. The van der Waals surface area contributed by atoms with Gasteiger partial charge in [0.25, 0.3) is 0 Å². The Morgan fingerprint density at radius 1 is 0.529 bits per heavy atom. The average molecular weight is 980 g/mol. The van der Waals surface area contributed by atoms with E-state index < -0.39 is 92.4 Å². The summed E-state index contributed by atoms with van der Waals surface area (Å²) < 4.78 is 34.0. The fourth-order valence-electron chi connectivity index (χ4n) is 7.34. The highest BCUT2D eigenvalue weighted by Crippen LogP contribution is 2.24. The number of ether oxygens (including phenoxy) is 6. The van der Waals surface area contributed by atoms with Crippen molar-refractivity contribution in [1.82, 2.24) is 26.6 Å². The third kappa shape index (κ3) is 24.4. The van der Waals surface area contributed by atoms with Crippen LogP contribution in [0.2, 0.25) is 0 Å². The number of carbonyl (C=O) groups is 6. The molecule has 0 aromatic heterocycles. The molecular weight excluding hydrogens is 899 g/mol. The van der Waals surface area contributed by atoms with Crippen LogP contribution in [0.15, 0.2) is 0 Å². The van der Waals surface area contributed by atoms with Gasteiger partial charge in [0.2, 0.25) is 29.5 Å². The maximum Gasteiger partial charge on any atom is 0.222 e. The van der Waals surface area contributed by atoms with Crippen molar-refractivity contribution in [3.8, 4) is 0 Å². The Morgan fingerprint density at radius 2 is 0.956 bits per heavy atom. The zero-order valence-electron chi connectivity index (χ0n) is 40.3. The van der Waals surface area contributed by atoms with Crippen LogP contribution in [0.3, 0.4) is 0 Å². The summed E-state index contributed by atoms with van der Waals surface area (Å²) in [4.78, 5) is 72.8. The number of hydrogen-bond donors (Lipinski definition) is 11. The van der Waals surface area contributed by atoms with Gasteiger partial charge in [-0.3, -0.25) is 28.8 Å². The van der Waals surface area contributed by atoms with Crippen LogP contribution in [0.1, 0.15) is 111 Å². The molecule has 0 aromatic rings. The second-order valence-corrected chi connectivity index (χ2v) is 17.5. The summed E-state index contributed by atoms with van der Waals surface area (Å²) in [5, 5.41) is 73.6. The fourth-order valence-corrected chi connectivity index (χ4v) is 7.34. The van der Waals surface area contributed by atoms with Gasteiger partial charge in [0.05, 0.1) is 45.7 Å². The minimum absolute atomic E-state index is 0.0543. The molecule has 5 amide bonds. The number of rotatable bonds is 36. The lowest BCUT2D eigenvalue weighted by Crippen LogP contribution is -2.64. The van der Waals surface area contributed by atoms with Crippen LogP contribution in [-0.4, -0.2) is 199 Å². The van der Waals surface area contributed by atoms with Crippen LogP contribution >= 0.6 is 0 Å². The van der Waals surface area contributed by atoms with Crippen LogP contribution in [0.25, 0.3) is 0 Å². The van der Waals surface area contributed by atoms with Gasteiger partial charge in [-0.25, -0.2) is 0 Å². The van der Waals surface area contributed by atoms with Crippen molar-refractivity contribution in [3.05, 3.63) is 0 Å². The van der Waals surface area contributed by atoms with E-state index in [9.17, 15) is 59.4 Å². The van der Waals surface area contributed by atoms with Gasteiger partial charge in [-0.2, -0.15) is 0 Å². The zero-order chi connectivity index (χ0) is 50.4. The summed E-state index contributed by atoms with van der Waals surface area (Å²) in [5.41, 5.74) is 0. The molecule has 2 saturated heterocycles. The van der Waals surface area contributed by atoms with Crippen molar-refractivity contribution in [3.63, 3.8) is 0 Å². The molecular formula is C45H81N5O18. The molecule has 10 unspecified atom stereocenters. The van der Waals surface area contributed by atoms with Gasteiger partial charge in [0.15, 0.2) is 12.6 Å². The van der Waals surface area contributed by atoms with Crippen LogP contribution in [0.5, 0.6) is 0 Å². The van der Waals surface area contributed by atoms with Crippen molar-refractivity contribution in [2.45, 2.75) is 178 Å². The maximum absolute atomic E-state index is 12.7. The number of carbonyl (C=O) groups excluding carboxylic acids is 6. The number of aliphatic hydroxyl groups excluding tert-OH is 6. The molecule has 23 heteroatoms. The smallest absolute Gasteiger partial charge is 0.222 e. The number of amides is 5. The molecule has 2 aliphatic rings. The highest BCUT2D eigenvalue weighted by Gasteiger charge is 2.46. The predicted octanol–water partition coefficient (Wildman–Crippen LogP) is -2.05. The summed E-state index contributed by atoms with van der Waals surface area (Å²) in [5.74, 6) is -1.60. The number of unbranched alkanes of at least 4 members (excludes halogenated alkanes) is 6. The van der Waals surface area contributed by atoms with E-state index in [4.69, 9.17) is 28.4 Å². The van der Waals surface area contributed by atoms with E-state index in [0.717, 1.165) is 25.7 Å². The van der Waals surface area contributed by atoms with Crippen molar-refractivity contribution < 1.29 is 87.8 Å². The molecule has 0 bridgehead atoms. The Balaban J connectivity index is 1.63. The van der Waals surface area contributed by atoms with E-state index in [-0.39, 0.29) is 88.3 Å². The molecule has 0 spiro atoms. The minimum Gasteiger partial charge on any atom is -0.394 e. The Hall–Kier alpha value is -3.46. The first kappa shape index (κ1) is 60.7. The molecule has 2 aliphatic heterocycles. The van der Waals surface area contributed by atoms with Crippen molar-refractivity contribution >= 4 is 35.3 Å². The molecule has 0 aliphatic carbocycles. The topological polar surface area (TPSA) is 339 Å². The van der Waals surface area contributed by atoms with Gasteiger partial charge in [-0.05, 0) is 32.1 Å². The third-order valence-electron chi connectivity index (χ3n) is 11.3. The highest BCUT2D eigenvalue weighted by molar-refractivity contribution is 5.81. The molecule has 2 fully saturated rings. The van der Waals surface area contributed by atoms with Gasteiger partial charge in [-0.15, -0.1) is 0 Å². The number of Topliss-reactive ketones (excluding diaryl/α,β-unsaturated/α-hetero) is 1. The molecule has 2 heterocycles.